The van der Waals surface area contributed by atoms with Crippen molar-refractivity contribution in [1.82, 2.24) is 10.2 Å². The molecule has 19 heavy (non-hydrogen) atoms. The van der Waals surface area contributed by atoms with Crippen LogP contribution in [0.3, 0.4) is 0 Å². The number of rotatable bonds is 6. The molecule has 0 radical (unpaired) electrons. The van der Waals surface area contributed by atoms with Crippen molar-refractivity contribution in [2.24, 2.45) is 5.92 Å². The van der Waals surface area contributed by atoms with E-state index in [9.17, 15) is 8.42 Å². The fourth-order valence-electron chi connectivity index (χ4n) is 2.36. The van der Waals surface area contributed by atoms with Crippen LogP contribution >= 0.6 is 0 Å². The van der Waals surface area contributed by atoms with Crippen molar-refractivity contribution in [3.63, 3.8) is 0 Å². The third-order valence-corrected chi connectivity index (χ3v) is 6.62. The lowest BCUT2D eigenvalue weighted by atomic mass is 9.97. The summed E-state index contributed by atoms with van der Waals surface area (Å²) >= 11 is 0. The summed E-state index contributed by atoms with van der Waals surface area (Å²) < 4.78 is 23.6. The van der Waals surface area contributed by atoms with E-state index in [-0.39, 0.29) is 5.75 Å². The van der Waals surface area contributed by atoms with Crippen molar-refractivity contribution in [2.75, 3.05) is 38.5 Å². The molecular formula is C14H30N2O2S. The second kappa shape index (κ2) is 7.04. The minimum Gasteiger partial charge on any atom is -0.317 e. The van der Waals surface area contributed by atoms with E-state index in [1.165, 1.54) is 12.8 Å². The van der Waals surface area contributed by atoms with Gasteiger partial charge in [-0.1, -0.05) is 6.92 Å². The molecule has 1 fully saturated rings. The fraction of sp³-hybridized carbons (Fsp3) is 1.00. The SMILES string of the molecule is CCN(CCS(=O)(=O)C(C)(C)C)CC1CCNCC1. The predicted octanol–water partition coefficient (Wildman–Crippen LogP) is 1.52. The normalized spacial score (nSPS) is 19.0. The summed E-state index contributed by atoms with van der Waals surface area (Å²) in [7, 11) is -3.00. The van der Waals surface area contributed by atoms with Gasteiger partial charge < -0.3 is 10.2 Å². The number of piperidine rings is 1. The van der Waals surface area contributed by atoms with Gasteiger partial charge in [0.15, 0.2) is 9.84 Å². The highest BCUT2D eigenvalue weighted by Crippen LogP contribution is 2.17. The van der Waals surface area contributed by atoms with Gasteiger partial charge in [-0.25, -0.2) is 8.42 Å². The highest BCUT2D eigenvalue weighted by molar-refractivity contribution is 7.92. The maximum atomic E-state index is 12.1. The van der Waals surface area contributed by atoms with E-state index in [2.05, 4.69) is 17.1 Å². The summed E-state index contributed by atoms with van der Waals surface area (Å²) in [5, 5.41) is 3.37. The van der Waals surface area contributed by atoms with Crippen LogP contribution in [-0.2, 0) is 9.84 Å². The van der Waals surface area contributed by atoms with Crippen LogP contribution in [0.5, 0.6) is 0 Å². The molecule has 0 aromatic carbocycles. The van der Waals surface area contributed by atoms with Crippen molar-refractivity contribution >= 4 is 9.84 Å². The molecule has 0 unspecified atom stereocenters. The van der Waals surface area contributed by atoms with Crippen LogP contribution in [0.1, 0.15) is 40.5 Å². The van der Waals surface area contributed by atoms with Crippen molar-refractivity contribution in [3.05, 3.63) is 0 Å². The lowest BCUT2D eigenvalue weighted by Crippen LogP contribution is -2.40. The molecule has 1 heterocycles. The van der Waals surface area contributed by atoms with Gasteiger partial charge in [-0.2, -0.15) is 0 Å². The highest BCUT2D eigenvalue weighted by Gasteiger charge is 2.29. The van der Waals surface area contributed by atoms with Crippen molar-refractivity contribution < 1.29 is 8.42 Å². The molecule has 0 aromatic heterocycles. The molecule has 0 saturated carbocycles. The van der Waals surface area contributed by atoms with Gasteiger partial charge in [0.2, 0.25) is 0 Å². The van der Waals surface area contributed by atoms with Crippen LogP contribution in [-0.4, -0.2) is 56.5 Å². The number of hydrogen-bond acceptors (Lipinski definition) is 4. The minimum atomic E-state index is -3.00. The first-order chi connectivity index (χ1) is 8.76. The molecule has 0 spiro atoms. The van der Waals surface area contributed by atoms with Gasteiger partial charge in [-0.15, -0.1) is 0 Å². The summed E-state index contributed by atoms with van der Waals surface area (Å²) in [6.45, 7) is 12.3. The van der Waals surface area contributed by atoms with E-state index in [1.54, 1.807) is 20.8 Å². The third-order valence-electron chi connectivity index (χ3n) is 4.03. The number of hydrogen-bond donors (Lipinski definition) is 1. The standard InChI is InChI=1S/C14H30N2O2S/c1-5-16(12-13-6-8-15-9-7-13)10-11-19(17,18)14(2,3)4/h13,15H,5-12H2,1-4H3. The highest BCUT2D eigenvalue weighted by atomic mass is 32.2. The largest absolute Gasteiger partial charge is 0.317 e. The average molecular weight is 290 g/mol. The summed E-state index contributed by atoms with van der Waals surface area (Å²) in [6, 6.07) is 0. The molecule has 0 aromatic rings. The van der Waals surface area contributed by atoms with Crippen LogP contribution in [0.2, 0.25) is 0 Å². The van der Waals surface area contributed by atoms with E-state index in [1.807, 2.05) is 0 Å². The third kappa shape index (κ3) is 5.40. The molecule has 1 saturated heterocycles. The Kier molecular flexibility index (Phi) is 6.27. The van der Waals surface area contributed by atoms with Gasteiger partial charge in [0.25, 0.3) is 0 Å². The molecule has 1 N–H and O–H groups in total. The zero-order valence-electron chi connectivity index (χ0n) is 12.9. The molecule has 0 amide bonds. The fourth-order valence-corrected chi connectivity index (χ4v) is 3.47. The molecule has 1 aliphatic rings. The summed E-state index contributed by atoms with van der Waals surface area (Å²) in [5.41, 5.74) is 0. The van der Waals surface area contributed by atoms with Crippen LogP contribution in [0.15, 0.2) is 0 Å². The molecule has 1 aliphatic heterocycles. The zero-order chi connectivity index (χ0) is 14.5. The Bertz CT molecular complexity index is 354. The Hall–Kier alpha value is -0.130. The maximum Gasteiger partial charge on any atom is 0.156 e. The van der Waals surface area contributed by atoms with E-state index in [4.69, 9.17) is 0 Å². The zero-order valence-corrected chi connectivity index (χ0v) is 13.7. The monoisotopic (exact) mass is 290 g/mol. The second-order valence-corrected chi connectivity index (χ2v) is 9.38. The van der Waals surface area contributed by atoms with Gasteiger partial charge in [0.1, 0.15) is 0 Å². The molecular weight excluding hydrogens is 260 g/mol. The van der Waals surface area contributed by atoms with E-state index >= 15 is 0 Å². The maximum absolute atomic E-state index is 12.1. The molecule has 4 nitrogen and oxygen atoms in total. The lowest BCUT2D eigenvalue weighted by Gasteiger charge is -2.30. The van der Waals surface area contributed by atoms with Crippen molar-refractivity contribution in [2.45, 2.75) is 45.3 Å². The second-order valence-electron chi connectivity index (χ2n) is 6.52. The van der Waals surface area contributed by atoms with Gasteiger partial charge in [-0.05, 0) is 59.2 Å². The van der Waals surface area contributed by atoms with E-state index in [0.29, 0.717) is 6.54 Å². The summed E-state index contributed by atoms with van der Waals surface area (Å²) in [4.78, 5) is 2.29. The first-order valence-corrected chi connectivity index (χ1v) is 9.07. The molecule has 114 valence electrons. The van der Waals surface area contributed by atoms with Crippen molar-refractivity contribution in [3.8, 4) is 0 Å². The quantitative estimate of drug-likeness (QED) is 0.806. The van der Waals surface area contributed by atoms with Crippen molar-refractivity contribution in [1.29, 1.82) is 0 Å². The predicted molar refractivity (Wildman–Crippen MR) is 81.2 cm³/mol. The molecule has 0 atom stereocenters. The Balaban J connectivity index is 2.44. The van der Waals surface area contributed by atoms with Crippen LogP contribution in [0.4, 0.5) is 0 Å². The van der Waals surface area contributed by atoms with Gasteiger partial charge in [-0.3, -0.25) is 0 Å². The number of nitrogens with zero attached hydrogens (tertiary/aromatic N) is 1. The van der Waals surface area contributed by atoms with Gasteiger partial charge >= 0.3 is 0 Å². The van der Waals surface area contributed by atoms with E-state index in [0.717, 1.165) is 32.1 Å². The van der Waals surface area contributed by atoms with Gasteiger partial charge in [0, 0.05) is 13.1 Å². The molecule has 0 aliphatic carbocycles. The van der Waals surface area contributed by atoms with Crippen LogP contribution in [0, 0.1) is 5.92 Å². The Morgan fingerprint density at radius 1 is 1.21 bits per heavy atom. The first kappa shape index (κ1) is 16.9. The summed E-state index contributed by atoms with van der Waals surface area (Å²) in [6.07, 6.45) is 2.42. The number of sulfone groups is 1. The lowest BCUT2D eigenvalue weighted by molar-refractivity contribution is 0.222. The topological polar surface area (TPSA) is 49.4 Å². The average Bonchev–Trinajstić information content (AvgIpc) is 2.34. The first-order valence-electron chi connectivity index (χ1n) is 7.41. The minimum absolute atomic E-state index is 0.273. The van der Waals surface area contributed by atoms with E-state index < -0.39 is 14.6 Å². The molecule has 1 rings (SSSR count). The van der Waals surface area contributed by atoms with Gasteiger partial charge in [0.05, 0.1) is 10.5 Å². The summed E-state index contributed by atoms with van der Waals surface area (Å²) in [5.74, 6) is 0.994. The molecule has 5 heteroatoms. The Labute approximate surface area is 118 Å². The van der Waals surface area contributed by atoms with Crippen LogP contribution in [0.25, 0.3) is 0 Å². The number of nitrogens with one attached hydrogen (secondary N) is 1. The molecule has 0 bridgehead atoms. The smallest absolute Gasteiger partial charge is 0.156 e. The van der Waals surface area contributed by atoms with Crippen LogP contribution < -0.4 is 5.32 Å². The Morgan fingerprint density at radius 2 is 1.79 bits per heavy atom. The Morgan fingerprint density at radius 3 is 2.26 bits per heavy atom.